The Labute approximate surface area is 180 Å². The van der Waals surface area contributed by atoms with Crippen LogP contribution in [0.25, 0.3) is 11.3 Å². The van der Waals surface area contributed by atoms with E-state index in [9.17, 15) is 4.79 Å². The monoisotopic (exact) mass is 407 g/mol. The third-order valence-corrected chi connectivity index (χ3v) is 6.11. The number of ether oxygens (including phenoxy) is 1. The molecule has 0 saturated heterocycles. The number of hydrogen-bond donors (Lipinski definition) is 1. The molecule has 6 rings (SSSR count). The lowest BCUT2D eigenvalue weighted by Gasteiger charge is -2.27. The van der Waals surface area contributed by atoms with E-state index in [0.29, 0.717) is 0 Å². The number of anilines is 1. The van der Waals surface area contributed by atoms with Gasteiger partial charge in [0, 0.05) is 29.8 Å². The van der Waals surface area contributed by atoms with Crippen molar-refractivity contribution in [2.24, 2.45) is 0 Å². The van der Waals surface area contributed by atoms with E-state index in [-0.39, 0.29) is 5.91 Å². The van der Waals surface area contributed by atoms with E-state index in [0.717, 1.165) is 64.8 Å². The van der Waals surface area contributed by atoms with Crippen LogP contribution >= 0.6 is 0 Å². The lowest BCUT2D eigenvalue weighted by atomic mass is 9.87. The summed E-state index contributed by atoms with van der Waals surface area (Å²) >= 11 is 0. The van der Waals surface area contributed by atoms with Crippen molar-refractivity contribution in [3.63, 3.8) is 0 Å². The minimum atomic E-state index is -0.418. The number of imidazole rings is 1. The number of nitrogens with one attached hydrogen (secondary N) is 1. The summed E-state index contributed by atoms with van der Waals surface area (Å²) < 4.78 is 8.29. The largest absolute Gasteiger partial charge is 0.457 e. The second-order valence-electron chi connectivity index (χ2n) is 7.99. The molecule has 2 aliphatic rings. The maximum absolute atomic E-state index is 13.4. The molecule has 1 aromatic heterocycles. The molecule has 4 aromatic rings. The molecule has 0 unspecified atom stereocenters. The van der Waals surface area contributed by atoms with E-state index >= 15 is 0 Å². The summed E-state index contributed by atoms with van der Waals surface area (Å²) in [6, 6.07) is 23.5. The highest BCUT2D eigenvalue weighted by molar-refractivity contribution is 5.99. The maximum Gasteiger partial charge on any atom is 0.236 e. The van der Waals surface area contributed by atoms with E-state index in [2.05, 4.69) is 14.9 Å². The van der Waals surface area contributed by atoms with Crippen LogP contribution < -0.4 is 10.1 Å². The third-order valence-electron chi connectivity index (χ3n) is 6.11. The van der Waals surface area contributed by atoms with Gasteiger partial charge in [-0.15, -0.1) is 0 Å². The third kappa shape index (κ3) is 3.01. The van der Waals surface area contributed by atoms with Crippen LogP contribution in [0.15, 0.2) is 79.0 Å². The predicted molar refractivity (Wildman–Crippen MR) is 119 cm³/mol. The number of carbonyl (C=O) groups excluding carboxylic acids is 1. The first-order valence-corrected chi connectivity index (χ1v) is 10.6. The second-order valence-corrected chi connectivity index (χ2v) is 7.99. The van der Waals surface area contributed by atoms with Gasteiger partial charge in [-0.25, -0.2) is 4.98 Å². The zero-order valence-corrected chi connectivity index (χ0v) is 16.9. The molecule has 0 fully saturated rings. The summed E-state index contributed by atoms with van der Waals surface area (Å²) in [5.74, 6) is 2.13. The Morgan fingerprint density at radius 2 is 1.61 bits per heavy atom. The number of amides is 1. The van der Waals surface area contributed by atoms with E-state index in [4.69, 9.17) is 4.74 Å². The lowest BCUT2D eigenvalue weighted by Crippen LogP contribution is -2.25. The van der Waals surface area contributed by atoms with Gasteiger partial charge in [0.15, 0.2) is 0 Å². The molecule has 3 heterocycles. The highest BCUT2D eigenvalue weighted by Gasteiger charge is 2.32. The lowest BCUT2D eigenvalue weighted by molar-refractivity contribution is -0.116. The topological polar surface area (TPSA) is 56.2 Å². The summed E-state index contributed by atoms with van der Waals surface area (Å²) in [7, 11) is 0. The van der Waals surface area contributed by atoms with Crippen molar-refractivity contribution in [3.05, 3.63) is 95.9 Å². The molecule has 1 amide bonds. The standard InChI is InChI=1S/C26H21N3O2/c30-26(25-19-6-1-3-8-22(19)31-23-9-4-2-7-20(23)25)28-18-13-11-17(12-14-18)21-16-27-24-10-5-15-29(21)24/h1-4,6-9,11-14,16,25H,5,10,15H2,(H,28,30). The fourth-order valence-corrected chi connectivity index (χ4v) is 4.62. The molecule has 5 heteroatoms. The number of nitrogens with zero attached hydrogens (tertiary/aromatic N) is 2. The Kier molecular flexibility index (Phi) is 4.13. The molecule has 0 bridgehead atoms. The number of carbonyl (C=O) groups is 1. The van der Waals surface area contributed by atoms with Gasteiger partial charge in [0.05, 0.1) is 17.8 Å². The van der Waals surface area contributed by atoms with Crippen molar-refractivity contribution in [2.75, 3.05) is 5.32 Å². The maximum atomic E-state index is 13.4. The Morgan fingerprint density at radius 1 is 0.935 bits per heavy atom. The Morgan fingerprint density at radius 3 is 2.32 bits per heavy atom. The number of aryl methyl sites for hydroxylation is 1. The zero-order valence-electron chi connectivity index (χ0n) is 16.9. The molecule has 0 saturated carbocycles. The van der Waals surface area contributed by atoms with Gasteiger partial charge >= 0.3 is 0 Å². The molecular weight excluding hydrogens is 386 g/mol. The molecule has 0 atom stereocenters. The Bertz CT molecular complexity index is 1240. The van der Waals surface area contributed by atoms with Crippen LogP contribution in [0, 0.1) is 0 Å². The molecule has 152 valence electrons. The normalized spacial score (nSPS) is 14.3. The summed E-state index contributed by atoms with van der Waals surface area (Å²) in [4.78, 5) is 17.9. The van der Waals surface area contributed by atoms with Gasteiger partial charge in [-0.05, 0) is 36.2 Å². The Hall–Kier alpha value is -3.86. The number of fused-ring (bicyclic) bond motifs is 3. The molecule has 2 aliphatic heterocycles. The number of benzene rings is 3. The van der Waals surface area contributed by atoms with E-state index in [1.807, 2.05) is 79.0 Å². The molecule has 0 spiro atoms. The number of rotatable bonds is 3. The summed E-state index contributed by atoms with van der Waals surface area (Å²) in [5.41, 5.74) is 4.78. The van der Waals surface area contributed by atoms with Gasteiger partial charge in [-0.3, -0.25) is 4.79 Å². The average Bonchev–Trinajstić information content (AvgIpc) is 3.42. The molecule has 3 aromatic carbocycles. The van der Waals surface area contributed by atoms with Crippen LogP contribution in [0.3, 0.4) is 0 Å². The van der Waals surface area contributed by atoms with Crippen LogP contribution in [0.4, 0.5) is 5.69 Å². The second kappa shape index (κ2) is 7.13. The predicted octanol–water partition coefficient (Wildman–Crippen LogP) is 5.37. The van der Waals surface area contributed by atoms with Gasteiger partial charge in [0.2, 0.25) is 5.91 Å². The van der Waals surface area contributed by atoms with Crippen LogP contribution in [0.2, 0.25) is 0 Å². The first kappa shape index (κ1) is 18.0. The van der Waals surface area contributed by atoms with Crippen molar-refractivity contribution in [2.45, 2.75) is 25.3 Å². The number of hydrogen-bond acceptors (Lipinski definition) is 3. The summed E-state index contributed by atoms with van der Waals surface area (Å²) in [6.07, 6.45) is 4.14. The van der Waals surface area contributed by atoms with Gasteiger partial charge in [0.1, 0.15) is 17.3 Å². The van der Waals surface area contributed by atoms with Crippen LogP contribution in [0.1, 0.15) is 29.3 Å². The SMILES string of the molecule is O=C(Nc1ccc(-c2cnc3n2CCC3)cc1)C1c2ccccc2Oc2ccccc21. The van der Waals surface area contributed by atoms with Crippen LogP contribution in [0.5, 0.6) is 11.5 Å². The van der Waals surface area contributed by atoms with E-state index in [1.54, 1.807) is 0 Å². The quantitative estimate of drug-likeness (QED) is 0.497. The van der Waals surface area contributed by atoms with Crippen molar-refractivity contribution >= 4 is 11.6 Å². The molecular formula is C26H21N3O2. The van der Waals surface area contributed by atoms with Gasteiger partial charge < -0.3 is 14.6 Å². The molecule has 1 N–H and O–H groups in total. The van der Waals surface area contributed by atoms with E-state index in [1.165, 1.54) is 0 Å². The molecule has 31 heavy (non-hydrogen) atoms. The molecule has 0 radical (unpaired) electrons. The fraction of sp³-hybridized carbons (Fsp3) is 0.154. The van der Waals surface area contributed by atoms with Crippen molar-refractivity contribution in [1.29, 1.82) is 0 Å². The minimum absolute atomic E-state index is 0.0683. The van der Waals surface area contributed by atoms with Crippen molar-refractivity contribution in [3.8, 4) is 22.8 Å². The number of aromatic nitrogens is 2. The Balaban J connectivity index is 1.29. The zero-order chi connectivity index (χ0) is 20.8. The minimum Gasteiger partial charge on any atom is -0.457 e. The first-order chi connectivity index (χ1) is 15.3. The fourth-order valence-electron chi connectivity index (χ4n) is 4.62. The molecule has 5 nitrogen and oxygen atoms in total. The van der Waals surface area contributed by atoms with E-state index < -0.39 is 5.92 Å². The van der Waals surface area contributed by atoms with Crippen LogP contribution in [-0.2, 0) is 17.8 Å². The smallest absolute Gasteiger partial charge is 0.236 e. The van der Waals surface area contributed by atoms with Crippen molar-refractivity contribution in [1.82, 2.24) is 9.55 Å². The van der Waals surface area contributed by atoms with Gasteiger partial charge in [0.25, 0.3) is 0 Å². The molecule has 0 aliphatic carbocycles. The summed E-state index contributed by atoms with van der Waals surface area (Å²) in [6.45, 7) is 1.02. The highest BCUT2D eigenvalue weighted by atomic mass is 16.5. The van der Waals surface area contributed by atoms with Gasteiger partial charge in [-0.1, -0.05) is 48.5 Å². The first-order valence-electron chi connectivity index (χ1n) is 10.6. The average molecular weight is 407 g/mol. The van der Waals surface area contributed by atoms with Crippen LogP contribution in [-0.4, -0.2) is 15.5 Å². The summed E-state index contributed by atoms with van der Waals surface area (Å²) in [5, 5.41) is 3.10. The van der Waals surface area contributed by atoms with Gasteiger partial charge in [-0.2, -0.15) is 0 Å². The number of para-hydroxylation sites is 2. The van der Waals surface area contributed by atoms with Crippen molar-refractivity contribution < 1.29 is 9.53 Å². The highest BCUT2D eigenvalue weighted by Crippen LogP contribution is 2.44.